The molecule has 2 aliphatic heterocycles. The summed E-state index contributed by atoms with van der Waals surface area (Å²) in [5, 5.41) is 2.79. The van der Waals surface area contributed by atoms with Crippen LogP contribution in [0.25, 0.3) is 11.1 Å². The Morgan fingerprint density at radius 2 is 1.53 bits per heavy atom. The van der Waals surface area contributed by atoms with Crippen LogP contribution in [0, 0.1) is 5.92 Å². The van der Waals surface area contributed by atoms with Gasteiger partial charge in [0.15, 0.2) is 0 Å². The fourth-order valence-corrected chi connectivity index (χ4v) is 4.48. The van der Waals surface area contributed by atoms with Gasteiger partial charge in [-0.1, -0.05) is 42.5 Å². The fraction of sp³-hybridized carbons (Fsp3) is 0.462. The van der Waals surface area contributed by atoms with Crippen molar-refractivity contribution in [2.24, 2.45) is 5.92 Å². The minimum atomic E-state index is -0.210. The number of hydrogen-bond donors (Lipinski definition) is 1. The molecule has 0 saturated carbocycles. The number of hydrogen-bond acceptors (Lipinski definition) is 4. The highest BCUT2D eigenvalue weighted by Crippen LogP contribution is 2.21. The maximum absolute atomic E-state index is 12.6. The Bertz CT molecular complexity index is 871. The van der Waals surface area contributed by atoms with Crippen LogP contribution in [-0.2, 0) is 9.53 Å². The molecule has 0 atom stereocenters. The number of amides is 2. The van der Waals surface area contributed by atoms with E-state index >= 15 is 0 Å². The van der Waals surface area contributed by atoms with Crippen molar-refractivity contribution < 1.29 is 14.3 Å². The Hall–Kier alpha value is -2.70. The van der Waals surface area contributed by atoms with Crippen LogP contribution < -0.4 is 5.32 Å². The van der Waals surface area contributed by atoms with E-state index in [1.54, 1.807) is 0 Å². The van der Waals surface area contributed by atoms with Gasteiger partial charge in [-0.3, -0.25) is 14.5 Å². The predicted molar refractivity (Wildman–Crippen MR) is 125 cm³/mol. The SMILES string of the molecule is O=C(NCC(=O)N1CCC(CCN2CCOCC2)CC1)c1ccc(-c2ccccc2)cc1. The zero-order chi connectivity index (χ0) is 22.2. The van der Waals surface area contributed by atoms with Gasteiger partial charge in [0, 0.05) is 31.7 Å². The first kappa shape index (κ1) is 22.5. The molecule has 6 nitrogen and oxygen atoms in total. The number of rotatable bonds is 7. The second-order valence-electron chi connectivity index (χ2n) is 8.69. The number of nitrogens with zero attached hydrogens (tertiary/aromatic N) is 2. The summed E-state index contributed by atoms with van der Waals surface area (Å²) in [5.41, 5.74) is 2.75. The van der Waals surface area contributed by atoms with Crippen LogP contribution in [0.2, 0.25) is 0 Å². The monoisotopic (exact) mass is 435 g/mol. The van der Waals surface area contributed by atoms with Gasteiger partial charge in [-0.15, -0.1) is 0 Å². The molecule has 170 valence electrons. The van der Waals surface area contributed by atoms with Crippen molar-refractivity contribution in [3.8, 4) is 11.1 Å². The Labute approximate surface area is 190 Å². The molecule has 2 amide bonds. The van der Waals surface area contributed by atoms with Crippen LogP contribution in [0.1, 0.15) is 29.6 Å². The lowest BCUT2D eigenvalue weighted by atomic mass is 9.93. The predicted octanol–water partition coefficient (Wildman–Crippen LogP) is 3.04. The molecule has 2 aliphatic rings. The Morgan fingerprint density at radius 1 is 0.875 bits per heavy atom. The van der Waals surface area contributed by atoms with Crippen LogP contribution in [0.3, 0.4) is 0 Å². The Morgan fingerprint density at radius 3 is 2.22 bits per heavy atom. The molecule has 1 N–H and O–H groups in total. The summed E-state index contributed by atoms with van der Waals surface area (Å²) < 4.78 is 5.41. The molecule has 0 aromatic heterocycles. The lowest BCUT2D eigenvalue weighted by Crippen LogP contribution is -2.44. The summed E-state index contributed by atoms with van der Waals surface area (Å²) in [7, 11) is 0. The average Bonchev–Trinajstić information content (AvgIpc) is 2.87. The summed E-state index contributed by atoms with van der Waals surface area (Å²) in [6, 6.07) is 17.5. The van der Waals surface area contributed by atoms with E-state index in [0.717, 1.165) is 69.9 Å². The highest BCUT2D eigenvalue weighted by Gasteiger charge is 2.23. The zero-order valence-electron chi connectivity index (χ0n) is 18.7. The van der Waals surface area contributed by atoms with E-state index in [1.165, 1.54) is 6.42 Å². The van der Waals surface area contributed by atoms with E-state index in [-0.39, 0.29) is 18.4 Å². The van der Waals surface area contributed by atoms with Crippen molar-refractivity contribution in [1.29, 1.82) is 0 Å². The third kappa shape index (κ3) is 6.17. The van der Waals surface area contributed by atoms with E-state index in [9.17, 15) is 9.59 Å². The summed E-state index contributed by atoms with van der Waals surface area (Å²) in [4.78, 5) is 29.4. The molecule has 2 fully saturated rings. The summed E-state index contributed by atoms with van der Waals surface area (Å²) >= 11 is 0. The molecule has 32 heavy (non-hydrogen) atoms. The molecule has 0 aliphatic carbocycles. The van der Waals surface area contributed by atoms with E-state index in [1.807, 2.05) is 59.5 Å². The largest absolute Gasteiger partial charge is 0.379 e. The first-order chi connectivity index (χ1) is 15.7. The number of piperidine rings is 1. The van der Waals surface area contributed by atoms with Gasteiger partial charge in [0.25, 0.3) is 5.91 Å². The van der Waals surface area contributed by atoms with Gasteiger partial charge in [-0.05, 0) is 55.0 Å². The first-order valence-electron chi connectivity index (χ1n) is 11.7. The van der Waals surface area contributed by atoms with Crippen molar-refractivity contribution in [1.82, 2.24) is 15.1 Å². The van der Waals surface area contributed by atoms with Gasteiger partial charge in [0.1, 0.15) is 0 Å². The van der Waals surface area contributed by atoms with Crippen molar-refractivity contribution >= 4 is 11.8 Å². The molecular formula is C26H33N3O3. The maximum Gasteiger partial charge on any atom is 0.251 e. The van der Waals surface area contributed by atoms with E-state index < -0.39 is 0 Å². The molecule has 0 spiro atoms. The van der Waals surface area contributed by atoms with Crippen molar-refractivity contribution in [3.63, 3.8) is 0 Å². The Kier molecular flexibility index (Phi) is 7.91. The number of nitrogens with one attached hydrogen (secondary N) is 1. The molecule has 2 aromatic carbocycles. The van der Waals surface area contributed by atoms with Crippen LogP contribution in [-0.4, -0.2) is 74.1 Å². The van der Waals surface area contributed by atoms with E-state index in [4.69, 9.17) is 4.74 Å². The van der Waals surface area contributed by atoms with Crippen molar-refractivity contribution in [2.45, 2.75) is 19.3 Å². The third-order valence-corrected chi connectivity index (χ3v) is 6.58. The van der Waals surface area contributed by atoms with Gasteiger partial charge in [-0.25, -0.2) is 0 Å². The average molecular weight is 436 g/mol. The molecule has 2 heterocycles. The molecular weight excluding hydrogens is 402 g/mol. The van der Waals surface area contributed by atoms with E-state index in [0.29, 0.717) is 11.5 Å². The van der Waals surface area contributed by atoms with Gasteiger partial charge in [0.05, 0.1) is 19.8 Å². The minimum Gasteiger partial charge on any atom is -0.379 e. The zero-order valence-corrected chi connectivity index (χ0v) is 18.7. The highest BCUT2D eigenvalue weighted by molar-refractivity contribution is 5.96. The molecule has 0 bridgehead atoms. The third-order valence-electron chi connectivity index (χ3n) is 6.58. The quantitative estimate of drug-likeness (QED) is 0.726. The first-order valence-corrected chi connectivity index (χ1v) is 11.7. The van der Waals surface area contributed by atoms with Crippen LogP contribution in [0.15, 0.2) is 54.6 Å². The molecule has 4 rings (SSSR count). The summed E-state index contributed by atoms with van der Waals surface area (Å²) in [5.74, 6) is 0.476. The number of ether oxygens (including phenoxy) is 1. The highest BCUT2D eigenvalue weighted by atomic mass is 16.5. The smallest absolute Gasteiger partial charge is 0.251 e. The van der Waals surface area contributed by atoms with Crippen molar-refractivity contribution in [3.05, 3.63) is 60.2 Å². The standard InChI is InChI=1S/C26H33N3O3/c30-25(29-14-11-21(12-15-29)10-13-28-16-18-32-19-17-28)20-27-26(31)24-8-6-23(7-9-24)22-4-2-1-3-5-22/h1-9,21H,10-20H2,(H,27,31). The normalized spacial score (nSPS) is 17.8. The van der Waals surface area contributed by atoms with Gasteiger partial charge >= 0.3 is 0 Å². The van der Waals surface area contributed by atoms with Crippen LogP contribution >= 0.6 is 0 Å². The minimum absolute atomic E-state index is 0.00545. The molecule has 0 radical (unpaired) electrons. The number of carbonyl (C=O) groups is 2. The molecule has 0 unspecified atom stereocenters. The number of benzene rings is 2. The number of morpholine rings is 1. The van der Waals surface area contributed by atoms with Gasteiger partial charge < -0.3 is 15.0 Å². The lowest BCUT2D eigenvalue weighted by molar-refractivity contribution is -0.131. The lowest BCUT2D eigenvalue weighted by Gasteiger charge is -2.34. The van der Waals surface area contributed by atoms with Crippen LogP contribution in [0.4, 0.5) is 0 Å². The topological polar surface area (TPSA) is 61.9 Å². The second kappa shape index (κ2) is 11.2. The van der Waals surface area contributed by atoms with Gasteiger partial charge in [0.2, 0.25) is 5.91 Å². The molecule has 2 saturated heterocycles. The van der Waals surface area contributed by atoms with Gasteiger partial charge in [-0.2, -0.15) is 0 Å². The molecule has 6 heteroatoms. The van der Waals surface area contributed by atoms with Crippen molar-refractivity contribution in [2.75, 3.05) is 52.5 Å². The van der Waals surface area contributed by atoms with E-state index in [2.05, 4.69) is 10.2 Å². The fourth-order valence-electron chi connectivity index (χ4n) is 4.48. The summed E-state index contributed by atoms with van der Waals surface area (Å²) in [6.07, 6.45) is 3.29. The number of carbonyl (C=O) groups excluding carboxylic acids is 2. The summed E-state index contributed by atoms with van der Waals surface area (Å²) in [6.45, 7) is 6.50. The molecule has 2 aromatic rings. The maximum atomic E-state index is 12.6. The number of likely N-dealkylation sites (tertiary alicyclic amines) is 1. The van der Waals surface area contributed by atoms with Crippen LogP contribution in [0.5, 0.6) is 0 Å². The second-order valence-corrected chi connectivity index (χ2v) is 8.69. The Balaban J connectivity index is 1.17.